The minimum absolute atomic E-state index is 0.0740. The second-order valence-corrected chi connectivity index (χ2v) is 10.1. The van der Waals surface area contributed by atoms with Crippen molar-refractivity contribution in [3.8, 4) is 5.75 Å². The molecule has 1 aliphatic rings. The molecule has 32 heavy (non-hydrogen) atoms. The van der Waals surface area contributed by atoms with Crippen LogP contribution in [0.25, 0.3) is 6.08 Å². The summed E-state index contributed by atoms with van der Waals surface area (Å²) < 4.78 is 5.86. The van der Waals surface area contributed by atoms with Gasteiger partial charge in [0.1, 0.15) is 16.6 Å². The van der Waals surface area contributed by atoms with E-state index in [0.717, 1.165) is 16.9 Å². The van der Waals surface area contributed by atoms with Crippen LogP contribution in [-0.2, 0) is 16.1 Å². The van der Waals surface area contributed by atoms with Crippen LogP contribution in [0, 0.1) is 0 Å². The summed E-state index contributed by atoms with van der Waals surface area (Å²) in [7, 11) is 0. The summed E-state index contributed by atoms with van der Waals surface area (Å²) in [5.74, 6) is 0.402. The molecule has 1 aliphatic heterocycles. The smallest absolute Gasteiger partial charge is 0.266 e. The molecule has 0 atom stereocenters. The molecule has 5 nitrogen and oxygen atoms in total. The Kier molecular flexibility index (Phi) is 7.74. The van der Waals surface area contributed by atoms with Crippen LogP contribution in [0.2, 0.25) is 0 Å². The zero-order chi connectivity index (χ0) is 23.3. The molecule has 0 radical (unpaired) electrons. The van der Waals surface area contributed by atoms with E-state index in [-0.39, 0.29) is 18.4 Å². The fourth-order valence-corrected chi connectivity index (χ4v) is 4.56. The zero-order valence-corrected chi connectivity index (χ0v) is 20.5. The first-order valence-electron chi connectivity index (χ1n) is 10.5. The SMILES string of the molecule is CCOc1ccc(/C=C2\SC(=S)N(CC(=O)N(Cc3ccccc3)C(C)(C)C)C2=O)cc1. The van der Waals surface area contributed by atoms with Gasteiger partial charge in [-0.05, 0) is 57.0 Å². The standard InChI is InChI=1S/C25H28N2O3S2/c1-5-30-20-13-11-18(12-14-20)15-21-23(29)26(24(31)32-21)17-22(28)27(25(2,3)4)16-19-9-7-6-8-10-19/h6-15H,5,16-17H2,1-4H3/b21-15-. The van der Waals surface area contributed by atoms with Crippen molar-refractivity contribution < 1.29 is 14.3 Å². The molecule has 0 unspecified atom stereocenters. The molecule has 0 spiro atoms. The van der Waals surface area contributed by atoms with Gasteiger partial charge in [-0.2, -0.15) is 0 Å². The largest absolute Gasteiger partial charge is 0.494 e. The van der Waals surface area contributed by atoms with Gasteiger partial charge in [0, 0.05) is 12.1 Å². The van der Waals surface area contributed by atoms with E-state index in [2.05, 4.69) is 0 Å². The zero-order valence-electron chi connectivity index (χ0n) is 18.8. The van der Waals surface area contributed by atoms with Crippen LogP contribution >= 0.6 is 24.0 Å². The molecule has 0 N–H and O–H groups in total. The van der Waals surface area contributed by atoms with Crippen molar-refractivity contribution in [3.05, 3.63) is 70.6 Å². The van der Waals surface area contributed by atoms with Gasteiger partial charge >= 0.3 is 0 Å². The summed E-state index contributed by atoms with van der Waals surface area (Å²) in [5.41, 5.74) is 1.52. The first-order valence-corrected chi connectivity index (χ1v) is 11.7. The number of thioether (sulfide) groups is 1. The molecule has 0 saturated carbocycles. The van der Waals surface area contributed by atoms with Crippen LogP contribution in [0.5, 0.6) is 5.75 Å². The van der Waals surface area contributed by atoms with Crippen molar-refractivity contribution in [3.63, 3.8) is 0 Å². The summed E-state index contributed by atoms with van der Waals surface area (Å²) in [6.07, 6.45) is 1.80. The van der Waals surface area contributed by atoms with E-state index in [1.807, 2.05) is 82.3 Å². The van der Waals surface area contributed by atoms with Crippen LogP contribution in [-0.4, -0.2) is 44.6 Å². The molecular formula is C25H28N2O3S2. The van der Waals surface area contributed by atoms with Crippen molar-refractivity contribution in [2.24, 2.45) is 0 Å². The number of carbonyl (C=O) groups excluding carboxylic acids is 2. The van der Waals surface area contributed by atoms with Crippen molar-refractivity contribution in [2.45, 2.75) is 39.8 Å². The Labute approximate surface area is 199 Å². The molecule has 0 aromatic heterocycles. The number of thiocarbonyl (C=S) groups is 1. The third-order valence-electron chi connectivity index (χ3n) is 4.95. The lowest BCUT2D eigenvalue weighted by Crippen LogP contribution is -2.49. The number of hydrogen-bond donors (Lipinski definition) is 0. The van der Waals surface area contributed by atoms with E-state index in [1.165, 1.54) is 16.7 Å². The molecule has 1 saturated heterocycles. The molecule has 3 rings (SSSR count). The third kappa shape index (κ3) is 5.99. The van der Waals surface area contributed by atoms with E-state index >= 15 is 0 Å². The lowest BCUT2D eigenvalue weighted by molar-refractivity contribution is -0.140. The van der Waals surface area contributed by atoms with Crippen LogP contribution < -0.4 is 4.74 Å². The van der Waals surface area contributed by atoms with Gasteiger partial charge in [0.25, 0.3) is 5.91 Å². The van der Waals surface area contributed by atoms with Gasteiger partial charge in [0.2, 0.25) is 5.91 Å². The lowest BCUT2D eigenvalue weighted by atomic mass is 10.0. The van der Waals surface area contributed by atoms with Crippen LogP contribution in [0.4, 0.5) is 0 Å². The van der Waals surface area contributed by atoms with Gasteiger partial charge in [0.05, 0.1) is 11.5 Å². The predicted octanol–water partition coefficient (Wildman–Crippen LogP) is 5.11. The highest BCUT2D eigenvalue weighted by atomic mass is 32.2. The number of rotatable bonds is 7. The fourth-order valence-electron chi connectivity index (χ4n) is 3.30. The van der Waals surface area contributed by atoms with Gasteiger partial charge in [0.15, 0.2) is 0 Å². The molecule has 0 aliphatic carbocycles. The molecule has 0 bridgehead atoms. The Morgan fingerprint density at radius 2 is 1.78 bits per heavy atom. The monoisotopic (exact) mass is 468 g/mol. The van der Waals surface area contributed by atoms with Gasteiger partial charge in [-0.1, -0.05) is 66.4 Å². The van der Waals surface area contributed by atoms with Crippen molar-refractivity contribution in [1.82, 2.24) is 9.80 Å². The van der Waals surface area contributed by atoms with E-state index < -0.39 is 5.54 Å². The second kappa shape index (κ2) is 10.3. The van der Waals surface area contributed by atoms with Crippen LogP contribution in [0.15, 0.2) is 59.5 Å². The maximum atomic E-state index is 13.2. The molecular weight excluding hydrogens is 440 g/mol. The molecule has 2 aromatic rings. The van der Waals surface area contributed by atoms with Crippen LogP contribution in [0.1, 0.15) is 38.8 Å². The second-order valence-electron chi connectivity index (χ2n) is 8.41. The topological polar surface area (TPSA) is 49.9 Å². The van der Waals surface area contributed by atoms with Crippen molar-refractivity contribution in [1.29, 1.82) is 0 Å². The molecule has 168 valence electrons. The molecule has 1 fully saturated rings. The highest BCUT2D eigenvalue weighted by Crippen LogP contribution is 2.33. The lowest BCUT2D eigenvalue weighted by Gasteiger charge is -2.36. The fraction of sp³-hybridized carbons (Fsp3) is 0.320. The highest BCUT2D eigenvalue weighted by molar-refractivity contribution is 8.26. The number of carbonyl (C=O) groups is 2. The average molecular weight is 469 g/mol. The maximum Gasteiger partial charge on any atom is 0.266 e. The predicted molar refractivity (Wildman–Crippen MR) is 134 cm³/mol. The highest BCUT2D eigenvalue weighted by Gasteiger charge is 2.36. The van der Waals surface area contributed by atoms with Crippen molar-refractivity contribution >= 4 is 46.2 Å². The van der Waals surface area contributed by atoms with Crippen molar-refractivity contribution in [2.75, 3.05) is 13.2 Å². The molecule has 1 heterocycles. The Balaban J connectivity index is 1.73. The quantitative estimate of drug-likeness (QED) is 0.417. The molecule has 7 heteroatoms. The minimum Gasteiger partial charge on any atom is -0.494 e. The Bertz CT molecular complexity index is 1010. The molecule has 2 aromatic carbocycles. The van der Waals surface area contributed by atoms with E-state index in [4.69, 9.17) is 17.0 Å². The van der Waals surface area contributed by atoms with E-state index in [9.17, 15) is 9.59 Å². The van der Waals surface area contributed by atoms with Crippen LogP contribution in [0.3, 0.4) is 0 Å². The average Bonchev–Trinajstić information content (AvgIpc) is 3.01. The summed E-state index contributed by atoms with van der Waals surface area (Å²) in [6, 6.07) is 17.4. The first kappa shape index (κ1) is 24.0. The third-order valence-corrected chi connectivity index (χ3v) is 6.33. The number of ether oxygens (including phenoxy) is 1. The van der Waals surface area contributed by atoms with Gasteiger partial charge < -0.3 is 9.64 Å². The first-order chi connectivity index (χ1) is 15.2. The van der Waals surface area contributed by atoms with E-state index in [0.29, 0.717) is 22.4 Å². The summed E-state index contributed by atoms with van der Waals surface area (Å²) in [6.45, 7) is 8.90. The number of benzene rings is 2. The van der Waals surface area contributed by atoms with Gasteiger partial charge in [-0.15, -0.1) is 0 Å². The van der Waals surface area contributed by atoms with Gasteiger partial charge in [-0.3, -0.25) is 14.5 Å². The normalized spacial score (nSPS) is 15.4. The molecule has 2 amide bonds. The summed E-state index contributed by atoms with van der Waals surface area (Å²) >= 11 is 6.65. The Hall–Kier alpha value is -2.64. The Morgan fingerprint density at radius 1 is 1.12 bits per heavy atom. The maximum absolute atomic E-state index is 13.2. The Morgan fingerprint density at radius 3 is 2.38 bits per heavy atom. The number of hydrogen-bond acceptors (Lipinski definition) is 5. The van der Waals surface area contributed by atoms with E-state index in [1.54, 1.807) is 11.0 Å². The van der Waals surface area contributed by atoms with Gasteiger partial charge in [-0.25, -0.2) is 0 Å². The summed E-state index contributed by atoms with van der Waals surface area (Å²) in [4.78, 5) is 29.9. The summed E-state index contributed by atoms with van der Waals surface area (Å²) in [5, 5.41) is 0. The minimum atomic E-state index is -0.397. The number of amides is 2. The number of nitrogens with zero attached hydrogens (tertiary/aromatic N) is 2.